The van der Waals surface area contributed by atoms with Crippen molar-refractivity contribution in [2.75, 3.05) is 26.2 Å². The van der Waals surface area contributed by atoms with Crippen molar-refractivity contribution in [3.05, 3.63) is 0 Å². The van der Waals surface area contributed by atoms with Crippen LogP contribution in [0.1, 0.15) is 26.2 Å². The molecule has 1 aliphatic rings. The summed E-state index contributed by atoms with van der Waals surface area (Å²) in [5.41, 5.74) is 5.52. The fourth-order valence-electron chi connectivity index (χ4n) is 1.97. The molecular weight excluding hydrogens is 178 g/mol. The summed E-state index contributed by atoms with van der Waals surface area (Å²) in [6.45, 7) is 5.24. The molecule has 1 amide bonds. The molecule has 1 rings (SSSR count). The van der Waals surface area contributed by atoms with Crippen LogP contribution >= 0.6 is 0 Å². The summed E-state index contributed by atoms with van der Waals surface area (Å²) >= 11 is 0. The Kier molecular flexibility index (Phi) is 4.90. The van der Waals surface area contributed by atoms with Gasteiger partial charge in [-0.1, -0.05) is 6.92 Å². The topological polar surface area (TPSA) is 58.4 Å². The van der Waals surface area contributed by atoms with Gasteiger partial charge in [-0.15, -0.1) is 0 Å². The zero-order chi connectivity index (χ0) is 10.4. The third kappa shape index (κ3) is 2.96. The van der Waals surface area contributed by atoms with Gasteiger partial charge in [-0.05, 0) is 25.8 Å². The molecule has 4 nitrogen and oxygen atoms in total. The summed E-state index contributed by atoms with van der Waals surface area (Å²) in [6.07, 6.45) is 3.20. The zero-order valence-corrected chi connectivity index (χ0v) is 8.96. The van der Waals surface area contributed by atoms with E-state index in [1.165, 1.54) is 0 Å². The lowest BCUT2D eigenvalue weighted by Crippen LogP contribution is -2.47. The number of nitrogens with zero attached hydrogens (tertiary/aromatic N) is 1. The summed E-state index contributed by atoms with van der Waals surface area (Å²) in [6, 6.07) is 0.0473. The standard InChI is InChI=1S/C10H21N3O/c1-2-13(8-6-11)9-5-3-4-7-12-10(9)14/h9H,2-8,11H2,1H3,(H,12,14). The van der Waals surface area contributed by atoms with E-state index >= 15 is 0 Å². The monoisotopic (exact) mass is 199 g/mol. The number of likely N-dealkylation sites (N-methyl/N-ethyl adjacent to an activating group) is 1. The molecule has 4 heteroatoms. The number of amides is 1. The van der Waals surface area contributed by atoms with Gasteiger partial charge >= 0.3 is 0 Å². The van der Waals surface area contributed by atoms with Crippen molar-refractivity contribution < 1.29 is 4.79 Å². The second-order valence-corrected chi connectivity index (χ2v) is 3.72. The smallest absolute Gasteiger partial charge is 0.237 e. The van der Waals surface area contributed by atoms with E-state index in [0.717, 1.165) is 38.9 Å². The minimum Gasteiger partial charge on any atom is -0.355 e. The minimum absolute atomic E-state index is 0.0473. The lowest BCUT2D eigenvalue weighted by molar-refractivity contribution is -0.126. The molecule has 0 saturated carbocycles. The van der Waals surface area contributed by atoms with Crippen LogP contribution in [-0.4, -0.2) is 43.0 Å². The van der Waals surface area contributed by atoms with Gasteiger partial charge in [0.15, 0.2) is 0 Å². The van der Waals surface area contributed by atoms with Crippen molar-refractivity contribution in [1.29, 1.82) is 0 Å². The van der Waals surface area contributed by atoms with Gasteiger partial charge in [0.05, 0.1) is 6.04 Å². The molecule has 1 aliphatic heterocycles. The van der Waals surface area contributed by atoms with Gasteiger partial charge in [0.2, 0.25) is 5.91 Å². The van der Waals surface area contributed by atoms with Crippen LogP contribution in [0.3, 0.4) is 0 Å². The van der Waals surface area contributed by atoms with Gasteiger partial charge in [-0.3, -0.25) is 9.69 Å². The lowest BCUT2D eigenvalue weighted by Gasteiger charge is -2.27. The van der Waals surface area contributed by atoms with Gasteiger partial charge in [-0.25, -0.2) is 0 Å². The Morgan fingerprint density at radius 1 is 1.57 bits per heavy atom. The van der Waals surface area contributed by atoms with Gasteiger partial charge in [-0.2, -0.15) is 0 Å². The third-order valence-electron chi connectivity index (χ3n) is 2.77. The molecule has 0 aromatic carbocycles. The van der Waals surface area contributed by atoms with E-state index in [1.807, 2.05) is 0 Å². The number of rotatable bonds is 4. The Balaban J connectivity index is 2.55. The van der Waals surface area contributed by atoms with Crippen LogP contribution in [0.15, 0.2) is 0 Å². The molecule has 1 saturated heterocycles. The number of carbonyl (C=O) groups excluding carboxylic acids is 1. The number of hydrogen-bond acceptors (Lipinski definition) is 3. The fraction of sp³-hybridized carbons (Fsp3) is 0.900. The van der Waals surface area contributed by atoms with E-state index < -0.39 is 0 Å². The Morgan fingerprint density at radius 2 is 2.36 bits per heavy atom. The average molecular weight is 199 g/mol. The first-order valence-electron chi connectivity index (χ1n) is 5.51. The van der Waals surface area contributed by atoms with Gasteiger partial charge < -0.3 is 11.1 Å². The summed E-state index contributed by atoms with van der Waals surface area (Å²) in [7, 11) is 0. The highest BCUT2D eigenvalue weighted by atomic mass is 16.2. The lowest BCUT2D eigenvalue weighted by atomic mass is 10.1. The number of nitrogens with one attached hydrogen (secondary N) is 1. The molecule has 1 fully saturated rings. The molecule has 0 radical (unpaired) electrons. The van der Waals surface area contributed by atoms with Crippen molar-refractivity contribution in [3.63, 3.8) is 0 Å². The van der Waals surface area contributed by atoms with E-state index in [0.29, 0.717) is 6.54 Å². The predicted octanol–water partition coefficient (Wildman–Crippen LogP) is -0.0643. The largest absolute Gasteiger partial charge is 0.355 e. The van der Waals surface area contributed by atoms with Crippen molar-refractivity contribution in [2.24, 2.45) is 5.73 Å². The first-order valence-corrected chi connectivity index (χ1v) is 5.51. The quantitative estimate of drug-likeness (QED) is 0.666. The highest BCUT2D eigenvalue weighted by molar-refractivity contribution is 5.81. The van der Waals surface area contributed by atoms with Crippen LogP contribution in [0.5, 0.6) is 0 Å². The van der Waals surface area contributed by atoms with E-state index in [4.69, 9.17) is 5.73 Å². The normalized spacial score (nSPS) is 23.4. The summed E-state index contributed by atoms with van der Waals surface area (Å²) < 4.78 is 0. The van der Waals surface area contributed by atoms with Gasteiger partial charge in [0.1, 0.15) is 0 Å². The molecule has 1 unspecified atom stereocenters. The molecule has 1 heterocycles. The predicted molar refractivity (Wildman–Crippen MR) is 57.0 cm³/mol. The maximum absolute atomic E-state index is 11.7. The van der Waals surface area contributed by atoms with E-state index in [9.17, 15) is 4.79 Å². The fourth-order valence-corrected chi connectivity index (χ4v) is 1.97. The Morgan fingerprint density at radius 3 is 3.00 bits per heavy atom. The SMILES string of the molecule is CCN(CCN)C1CCCCNC1=O. The summed E-state index contributed by atoms with van der Waals surface area (Å²) in [5.74, 6) is 0.179. The first-order chi connectivity index (χ1) is 6.79. The van der Waals surface area contributed by atoms with Crippen molar-refractivity contribution in [3.8, 4) is 0 Å². The molecule has 0 bridgehead atoms. The van der Waals surface area contributed by atoms with Crippen LogP contribution in [0, 0.1) is 0 Å². The van der Waals surface area contributed by atoms with Crippen molar-refractivity contribution >= 4 is 5.91 Å². The number of nitrogens with two attached hydrogens (primary N) is 1. The number of hydrogen-bond donors (Lipinski definition) is 2. The maximum Gasteiger partial charge on any atom is 0.237 e. The Labute approximate surface area is 85.8 Å². The zero-order valence-electron chi connectivity index (χ0n) is 8.96. The van der Waals surface area contributed by atoms with E-state index in [2.05, 4.69) is 17.1 Å². The molecule has 0 aromatic heterocycles. The molecule has 0 spiro atoms. The minimum atomic E-state index is 0.0473. The van der Waals surface area contributed by atoms with Crippen LogP contribution in [0.4, 0.5) is 0 Å². The Bertz CT molecular complexity index is 184. The highest BCUT2D eigenvalue weighted by Gasteiger charge is 2.25. The molecule has 0 aliphatic carbocycles. The van der Waals surface area contributed by atoms with Gasteiger partial charge in [0.25, 0.3) is 0 Å². The van der Waals surface area contributed by atoms with E-state index in [-0.39, 0.29) is 11.9 Å². The van der Waals surface area contributed by atoms with Crippen LogP contribution in [0.2, 0.25) is 0 Å². The van der Waals surface area contributed by atoms with Crippen LogP contribution in [0.25, 0.3) is 0 Å². The molecule has 82 valence electrons. The van der Waals surface area contributed by atoms with Crippen LogP contribution in [-0.2, 0) is 4.79 Å². The third-order valence-corrected chi connectivity index (χ3v) is 2.77. The summed E-state index contributed by atoms with van der Waals surface area (Å²) in [4.78, 5) is 13.9. The van der Waals surface area contributed by atoms with Crippen molar-refractivity contribution in [1.82, 2.24) is 10.2 Å². The van der Waals surface area contributed by atoms with E-state index in [1.54, 1.807) is 0 Å². The Hall–Kier alpha value is -0.610. The average Bonchev–Trinajstić information content (AvgIpc) is 2.40. The first kappa shape index (κ1) is 11.5. The molecule has 1 atom stereocenters. The van der Waals surface area contributed by atoms with Gasteiger partial charge in [0, 0.05) is 19.6 Å². The second-order valence-electron chi connectivity index (χ2n) is 3.72. The van der Waals surface area contributed by atoms with Crippen molar-refractivity contribution in [2.45, 2.75) is 32.2 Å². The molecule has 0 aromatic rings. The molecule has 3 N–H and O–H groups in total. The maximum atomic E-state index is 11.7. The van der Waals surface area contributed by atoms with Crippen LogP contribution < -0.4 is 11.1 Å². The summed E-state index contributed by atoms with van der Waals surface area (Å²) in [5, 5.41) is 2.95. The second kappa shape index (κ2) is 5.98. The molecule has 14 heavy (non-hydrogen) atoms. The number of carbonyl (C=O) groups is 1. The highest BCUT2D eigenvalue weighted by Crippen LogP contribution is 2.11. The molecular formula is C10H21N3O.